The maximum Gasteiger partial charge on any atom is 0.124 e. The van der Waals surface area contributed by atoms with Gasteiger partial charge in [-0.25, -0.2) is 0 Å². The van der Waals surface area contributed by atoms with Gasteiger partial charge in [-0.15, -0.1) is 0 Å². The fourth-order valence-corrected chi connectivity index (χ4v) is 4.99. The highest BCUT2D eigenvalue weighted by Crippen LogP contribution is 2.34. The number of rotatable bonds is 6. The molecule has 4 heteroatoms. The Morgan fingerprint density at radius 3 is 0.868 bits per heavy atom. The lowest BCUT2D eigenvalue weighted by Crippen LogP contribution is -1.94. The zero-order chi connectivity index (χ0) is 28.0. The predicted molar refractivity (Wildman–Crippen MR) is 158 cm³/mol. The molecule has 0 radical (unpaired) electrons. The van der Waals surface area contributed by atoms with E-state index in [0.717, 1.165) is 56.4 Å². The third kappa shape index (κ3) is 6.31. The average molecular weight is 513 g/mol. The van der Waals surface area contributed by atoms with E-state index in [1.54, 1.807) is 28.4 Å². The van der Waals surface area contributed by atoms with E-state index in [1.165, 1.54) is 22.3 Å². The normalized spacial score (nSPS) is 10.4. The SMILES string of the molecule is COc1c(C)cc(-c2cc(C)c(OC)c(C)c2)cc1C.COc1ccc(-c2ccc(OC)c(C)c2)cc1C. The minimum Gasteiger partial charge on any atom is -0.496 e. The molecule has 0 spiro atoms. The van der Waals surface area contributed by atoms with Gasteiger partial charge < -0.3 is 18.9 Å². The predicted octanol–water partition coefficient (Wildman–Crippen LogP) is 8.59. The Morgan fingerprint density at radius 1 is 0.342 bits per heavy atom. The summed E-state index contributed by atoms with van der Waals surface area (Å²) in [7, 11) is 6.83. The number of methoxy groups -OCH3 is 4. The van der Waals surface area contributed by atoms with Crippen LogP contribution in [0.2, 0.25) is 0 Å². The Balaban J connectivity index is 0.000000212. The van der Waals surface area contributed by atoms with E-state index in [9.17, 15) is 0 Å². The molecule has 4 aromatic carbocycles. The first-order chi connectivity index (χ1) is 18.1. The minimum atomic E-state index is 0.920. The van der Waals surface area contributed by atoms with Crippen molar-refractivity contribution in [2.45, 2.75) is 41.5 Å². The second-order valence-corrected chi connectivity index (χ2v) is 9.66. The van der Waals surface area contributed by atoms with Crippen molar-refractivity contribution in [3.63, 3.8) is 0 Å². The van der Waals surface area contributed by atoms with Gasteiger partial charge in [0.2, 0.25) is 0 Å². The first kappa shape index (κ1) is 28.6. The van der Waals surface area contributed by atoms with Crippen molar-refractivity contribution in [1.82, 2.24) is 0 Å². The Morgan fingerprint density at radius 2 is 0.632 bits per heavy atom. The third-order valence-corrected chi connectivity index (χ3v) is 6.79. The Bertz CT molecular complexity index is 1260. The van der Waals surface area contributed by atoms with E-state index in [2.05, 4.69) is 90.1 Å². The number of aryl methyl sites for hydroxylation is 6. The summed E-state index contributed by atoms with van der Waals surface area (Å²) in [6.45, 7) is 12.4. The molecule has 0 atom stereocenters. The molecule has 200 valence electrons. The van der Waals surface area contributed by atoms with E-state index in [1.807, 2.05) is 12.1 Å². The van der Waals surface area contributed by atoms with Gasteiger partial charge in [0.05, 0.1) is 28.4 Å². The maximum atomic E-state index is 5.43. The van der Waals surface area contributed by atoms with Crippen molar-refractivity contribution in [3.05, 3.63) is 94.0 Å². The van der Waals surface area contributed by atoms with Gasteiger partial charge in [0.1, 0.15) is 23.0 Å². The largest absolute Gasteiger partial charge is 0.496 e. The molecular formula is C34H40O4. The van der Waals surface area contributed by atoms with Crippen LogP contribution in [-0.2, 0) is 0 Å². The summed E-state index contributed by atoms with van der Waals surface area (Å²) in [4.78, 5) is 0. The molecule has 0 saturated heterocycles. The van der Waals surface area contributed by atoms with Crippen molar-refractivity contribution in [2.75, 3.05) is 28.4 Å². The van der Waals surface area contributed by atoms with Crippen LogP contribution in [0.25, 0.3) is 22.3 Å². The molecule has 0 aliphatic heterocycles. The highest BCUT2D eigenvalue weighted by atomic mass is 16.5. The van der Waals surface area contributed by atoms with Crippen LogP contribution >= 0.6 is 0 Å². The first-order valence-corrected chi connectivity index (χ1v) is 12.7. The molecule has 0 aromatic heterocycles. The van der Waals surface area contributed by atoms with E-state index in [0.29, 0.717) is 0 Å². The molecule has 4 rings (SSSR count). The number of ether oxygens (including phenoxy) is 4. The van der Waals surface area contributed by atoms with Crippen LogP contribution in [0.3, 0.4) is 0 Å². The van der Waals surface area contributed by atoms with Crippen molar-refractivity contribution >= 4 is 0 Å². The molecule has 0 unspecified atom stereocenters. The van der Waals surface area contributed by atoms with E-state index in [4.69, 9.17) is 18.9 Å². The fourth-order valence-electron chi connectivity index (χ4n) is 4.99. The Hall–Kier alpha value is -3.92. The molecule has 0 fully saturated rings. The van der Waals surface area contributed by atoms with E-state index >= 15 is 0 Å². The smallest absolute Gasteiger partial charge is 0.124 e. The highest BCUT2D eigenvalue weighted by molar-refractivity contribution is 5.70. The van der Waals surface area contributed by atoms with Gasteiger partial charge in [-0.2, -0.15) is 0 Å². The zero-order valence-corrected chi connectivity index (χ0v) is 24.4. The molecule has 4 nitrogen and oxygen atoms in total. The van der Waals surface area contributed by atoms with Gasteiger partial charge >= 0.3 is 0 Å². The number of hydrogen-bond acceptors (Lipinski definition) is 4. The number of hydrogen-bond donors (Lipinski definition) is 0. The maximum absolute atomic E-state index is 5.43. The summed E-state index contributed by atoms with van der Waals surface area (Å²) in [5.41, 5.74) is 11.7. The van der Waals surface area contributed by atoms with Crippen LogP contribution in [0.5, 0.6) is 23.0 Å². The standard InChI is InChI=1S/C18H22O2.C16H18O2/c1-11-7-15(8-12(2)17(11)19-5)16-9-13(3)18(20-6)14(4)10-16;1-11-9-13(5-7-15(11)17-3)14-6-8-16(18-4)12(2)10-14/h7-10H,1-6H3;5-10H,1-4H3. The van der Waals surface area contributed by atoms with Gasteiger partial charge in [-0.1, -0.05) is 12.1 Å². The van der Waals surface area contributed by atoms with Gasteiger partial charge in [-0.3, -0.25) is 0 Å². The molecule has 4 aromatic rings. The van der Waals surface area contributed by atoms with Gasteiger partial charge in [0, 0.05) is 0 Å². The minimum absolute atomic E-state index is 0.920. The zero-order valence-electron chi connectivity index (χ0n) is 24.4. The third-order valence-electron chi connectivity index (χ3n) is 6.79. The lowest BCUT2D eigenvalue weighted by Gasteiger charge is -2.14. The van der Waals surface area contributed by atoms with E-state index < -0.39 is 0 Å². The molecule has 0 bridgehead atoms. The summed E-state index contributed by atoms with van der Waals surface area (Å²) in [6.07, 6.45) is 0. The van der Waals surface area contributed by atoms with Crippen LogP contribution in [0, 0.1) is 41.5 Å². The monoisotopic (exact) mass is 512 g/mol. The van der Waals surface area contributed by atoms with Crippen LogP contribution in [0.4, 0.5) is 0 Å². The second-order valence-electron chi connectivity index (χ2n) is 9.66. The van der Waals surface area contributed by atoms with Crippen LogP contribution < -0.4 is 18.9 Å². The molecule has 38 heavy (non-hydrogen) atoms. The van der Waals surface area contributed by atoms with Gasteiger partial charge in [-0.05, 0) is 146 Å². The van der Waals surface area contributed by atoms with Gasteiger partial charge in [0.15, 0.2) is 0 Å². The summed E-state index contributed by atoms with van der Waals surface area (Å²) >= 11 is 0. The summed E-state index contributed by atoms with van der Waals surface area (Å²) in [5, 5.41) is 0. The van der Waals surface area contributed by atoms with Crippen molar-refractivity contribution < 1.29 is 18.9 Å². The lowest BCUT2D eigenvalue weighted by atomic mass is 9.96. The highest BCUT2D eigenvalue weighted by Gasteiger charge is 2.10. The first-order valence-electron chi connectivity index (χ1n) is 12.7. The van der Waals surface area contributed by atoms with Crippen LogP contribution in [0.15, 0.2) is 60.7 Å². The van der Waals surface area contributed by atoms with Crippen molar-refractivity contribution in [2.24, 2.45) is 0 Å². The summed E-state index contributed by atoms with van der Waals surface area (Å²) in [5.74, 6) is 3.78. The second kappa shape index (κ2) is 12.6. The molecule has 0 aliphatic carbocycles. The fraction of sp³-hybridized carbons (Fsp3) is 0.294. The summed E-state index contributed by atoms with van der Waals surface area (Å²) in [6, 6.07) is 21.1. The molecule has 0 N–H and O–H groups in total. The molecule has 0 heterocycles. The molecule has 0 saturated carbocycles. The van der Waals surface area contributed by atoms with Crippen molar-refractivity contribution in [1.29, 1.82) is 0 Å². The Kier molecular flexibility index (Phi) is 9.46. The molecular weight excluding hydrogens is 472 g/mol. The summed E-state index contributed by atoms with van der Waals surface area (Å²) < 4.78 is 21.4. The average Bonchev–Trinajstić information content (AvgIpc) is 2.88. The quantitative estimate of drug-likeness (QED) is 0.259. The van der Waals surface area contributed by atoms with Crippen LogP contribution in [0.1, 0.15) is 33.4 Å². The topological polar surface area (TPSA) is 36.9 Å². The van der Waals surface area contributed by atoms with E-state index in [-0.39, 0.29) is 0 Å². The lowest BCUT2D eigenvalue weighted by molar-refractivity contribution is 0.408. The van der Waals surface area contributed by atoms with Gasteiger partial charge in [0.25, 0.3) is 0 Å². The van der Waals surface area contributed by atoms with Crippen molar-refractivity contribution in [3.8, 4) is 45.3 Å². The Labute approximate surface area is 228 Å². The number of benzene rings is 4. The molecule has 0 aliphatic rings. The molecule has 0 amide bonds. The van der Waals surface area contributed by atoms with Crippen LogP contribution in [-0.4, -0.2) is 28.4 Å².